The number of thiophene rings is 1. The predicted octanol–water partition coefficient (Wildman–Crippen LogP) is 1.99. The van der Waals surface area contributed by atoms with Gasteiger partial charge in [-0.15, -0.1) is 11.3 Å². The first-order chi connectivity index (χ1) is 12.6. The topological polar surface area (TPSA) is 84.4 Å². The molecule has 2 aliphatic rings. The quantitative estimate of drug-likeness (QED) is 0.835. The number of rotatable bonds is 5. The highest BCUT2D eigenvalue weighted by molar-refractivity contribution is 7.91. The molecule has 0 amide bonds. The number of nitrogens with one attached hydrogen (secondary N) is 1. The number of hydrogen-bond donors (Lipinski definition) is 1. The van der Waals surface area contributed by atoms with E-state index in [1.807, 2.05) is 6.07 Å². The van der Waals surface area contributed by atoms with Gasteiger partial charge in [0.25, 0.3) is 0 Å². The van der Waals surface area contributed by atoms with Crippen molar-refractivity contribution >= 4 is 27.3 Å². The van der Waals surface area contributed by atoms with Crippen molar-refractivity contribution in [3.63, 3.8) is 0 Å². The number of aromatic nitrogens is 2. The Morgan fingerprint density at radius 1 is 1.23 bits per heavy atom. The van der Waals surface area contributed by atoms with Crippen molar-refractivity contribution in [2.75, 3.05) is 31.2 Å². The molecule has 4 rings (SSSR count). The molecule has 2 aliphatic heterocycles. The summed E-state index contributed by atoms with van der Waals surface area (Å²) in [5.74, 6) is 1.10. The number of ether oxygens (including phenoxy) is 1. The average Bonchev–Trinajstić information content (AvgIpc) is 3.35. The van der Waals surface area contributed by atoms with Crippen LogP contribution in [0.4, 0.5) is 5.95 Å². The summed E-state index contributed by atoms with van der Waals surface area (Å²) in [5.41, 5.74) is 1.06. The highest BCUT2D eigenvalue weighted by Crippen LogP contribution is 2.27. The number of anilines is 1. The van der Waals surface area contributed by atoms with Gasteiger partial charge in [0.15, 0.2) is 0 Å². The lowest BCUT2D eigenvalue weighted by Gasteiger charge is -2.23. The van der Waals surface area contributed by atoms with Gasteiger partial charge in [0, 0.05) is 50.2 Å². The maximum Gasteiger partial charge on any atom is 0.250 e. The van der Waals surface area contributed by atoms with Crippen LogP contribution in [0.3, 0.4) is 0 Å². The van der Waals surface area contributed by atoms with E-state index in [0.29, 0.717) is 22.6 Å². The molecule has 4 heterocycles. The van der Waals surface area contributed by atoms with Crippen molar-refractivity contribution in [1.29, 1.82) is 0 Å². The molecule has 0 radical (unpaired) electrons. The first kappa shape index (κ1) is 17.8. The molecule has 0 aromatic carbocycles. The standard InChI is InChI=1S/C17H22N4O3S2/c22-26(23,16-2-1-11-25-16)20-14-4-8-21(12-14)17-18-7-3-15(19-17)13-5-9-24-10-6-13/h1-3,7,11,13-14,20H,4-6,8-10,12H2. The molecule has 0 aliphatic carbocycles. The Labute approximate surface area is 157 Å². The van der Waals surface area contributed by atoms with Crippen molar-refractivity contribution in [1.82, 2.24) is 14.7 Å². The fourth-order valence-electron chi connectivity index (χ4n) is 3.47. The van der Waals surface area contributed by atoms with Gasteiger partial charge in [0.2, 0.25) is 16.0 Å². The van der Waals surface area contributed by atoms with Crippen LogP contribution in [0.2, 0.25) is 0 Å². The number of hydrogen-bond acceptors (Lipinski definition) is 7. The van der Waals surface area contributed by atoms with Gasteiger partial charge >= 0.3 is 0 Å². The van der Waals surface area contributed by atoms with Gasteiger partial charge in [-0.25, -0.2) is 23.1 Å². The third kappa shape index (κ3) is 3.90. The number of sulfonamides is 1. The highest BCUT2D eigenvalue weighted by Gasteiger charge is 2.29. The van der Waals surface area contributed by atoms with E-state index in [-0.39, 0.29) is 6.04 Å². The van der Waals surface area contributed by atoms with Crippen molar-refractivity contribution in [2.24, 2.45) is 0 Å². The van der Waals surface area contributed by atoms with Crippen LogP contribution in [0.5, 0.6) is 0 Å². The van der Waals surface area contributed by atoms with Crippen molar-refractivity contribution in [3.05, 3.63) is 35.5 Å². The molecule has 0 bridgehead atoms. The van der Waals surface area contributed by atoms with Gasteiger partial charge in [-0.05, 0) is 36.8 Å². The molecule has 7 nitrogen and oxygen atoms in total. The van der Waals surface area contributed by atoms with E-state index < -0.39 is 10.0 Å². The van der Waals surface area contributed by atoms with E-state index in [9.17, 15) is 8.42 Å². The van der Waals surface area contributed by atoms with E-state index in [2.05, 4.69) is 14.6 Å². The van der Waals surface area contributed by atoms with Crippen LogP contribution >= 0.6 is 11.3 Å². The minimum Gasteiger partial charge on any atom is -0.381 e. The smallest absolute Gasteiger partial charge is 0.250 e. The largest absolute Gasteiger partial charge is 0.381 e. The fourth-order valence-corrected chi connectivity index (χ4v) is 5.74. The van der Waals surface area contributed by atoms with Crippen LogP contribution in [0.15, 0.2) is 34.0 Å². The minimum atomic E-state index is -3.44. The Morgan fingerprint density at radius 3 is 2.85 bits per heavy atom. The van der Waals surface area contributed by atoms with Gasteiger partial charge in [0.05, 0.1) is 0 Å². The fraction of sp³-hybridized carbons (Fsp3) is 0.529. The van der Waals surface area contributed by atoms with Crippen molar-refractivity contribution < 1.29 is 13.2 Å². The Bertz CT molecular complexity index is 835. The van der Waals surface area contributed by atoms with Crippen LogP contribution in [0.25, 0.3) is 0 Å². The maximum atomic E-state index is 12.4. The summed E-state index contributed by atoms with van der Waals surface area (Å²) in [7, 11) is -3.44. The molecule has 1 unspecified atom stereocenters. The second-order valence-electron chi connectivity index (χ2n) is 6.65. The van der Waals surface area contributed by atoms with Crippen LogP contribution in [-0.4, -0.2) is 50.7 Å². The number of nitrogens with zero attached hydrogens (tertiary/aromatic N) is 3. The van der Waals surface area contributed by atoms with Gasteiger partial charge in [-0.2, -0.15) is 0 Å². The molecule has 1 N–H and O–H groups in total. The Hall–Kier alpha value is -1.55. The van der Waals surface area contributed by atoms with E-state index in [4.69, 9.17) is 9.72 Å². The summed E-state index contributed by atoms with van der Waals surface area (Å²) in [4.78, 5) is 11.2. The average molecular weight is 395 g/mol. The van der Waals surface area contributed by atoms with Crippen molar-refractivity contribution in [3.8, 4) is 0 Å². The molecule has 2 aromatic heterocycles. The third-order valence-corrected chi connectivity index (χ3v) is 7.77. The molecule has 26 heavy (non-hydrogen) atoms. The molecule has 2 fully saturated rings. The molecular weight excluding hydrogens is 372 g/mol. The summed E-state index contributed by atoms with van der Waals surface area (Å²) in [5, 5.41) is 1.77. The monoisotopic (exact) mass is 394 g/mol. The summed E-state index contributed by atoms with van der Waals surface area (Å²) in [6.07, 6.45) is 4.52. The SMILES string of the molecule is O=S(=O)(NC1CCN(c2nccc(C3CCOCC3)n2)C1)c1cccs1. The molecule has 1 atom stereocenters. The van der Waals surface area contributed by atoms with Crippen molar-refractivity contribution in [2.45, 2.75) is 35.4 Å². The summed E-state index contributed by atoms with van der Waals surface area (Å²) in [6.45, 7) is 2.89. The Kier molecular flexibility index (Phi) is 5.21. The summed E-state index contributed by atoms with van der Waals surface area (Å²) < 4.78 is 33.4. The molecule has 140 valence electrons. The zero-order chi connectivity index (χ0) is 18.0. The van der Waals surface area contributed by atoms with Crippen LogP contribution in [-0.2, 0) is 14.8 Å². The van der Waals surface area contributed by atoms with Gasteiger partial charge in [0.1, 0.15) is 4.21 Å². The summed E-state index contributed by atoms with van der Waals surface area (Å²) >= 11 is 1.23. The first-order valence-corrected chi connectivity index (χ1v) is 11.2. The lowest BCUT2D eigenvalue weighted by atomic mass is 9.96. The second-order valence-corrected chi connectivity index (χ2v) is 9.54. The first-order valence-electron chi connectivity index (χ1n) is 8.83. The molecule has 0 saturated carbocycles. The maximum absolute atomic E-state index is 12.4. The molecule has 0 spiro atoms. The van der Waals surface area contributed by atoms with E-state index in [0.717, 1.165) is 44.7 Å². The van der Waals surface area contributed by atoms with Crippen LogP contribution in [0, 0.1) is 0 Å². The molecule has 2 aromatic rings. The predicted molar refractivity (Wildman–Crippen MR) is 100 cm³/mol. The van der Waals surface area contributed by atoms with Gasteiger partial charge in [-0.3, -0.25) is 0 Å². The van der Waals surface area contributed by atoms with E-state index in [1.54, 1.807) is 23.7 Å². The van der Waals surface area contributed by atoms with Crippen LogP contribution in [0.1, 0.15) is 30.9 Å². The summed E-state index contributed by atoms with van der Waals surface area (Å²) in [6, 6.07) is 5.22. The minimum absolute atomic E-state index is 0.127. The Morgan fingerprint density at radius 2 is 2.08 bits per heavy atom. The normalized spacial score (nSPS) is 22.0. The highest BCUT2D eigenvalue weighted by atomic mass is 32.2. The van der Waals surface area contributed by atoms with E-state index >= 15 is 0 Å². The van der Waals surface area contributed by atoms with Gasteiger partial charge in [-0.1, -0.05) is 6.07 Å². The zero-order valence-corrected chi connectivity index (χ0v) is 16.0. The zero-order valence-electron chi connectivity index (χ0n) is 14.4. The lowest BCUT2D eigenvalue weighted by Crippen LogP contribution is -2.37. The van der Waals surface area contributed by atoms with Gasteiger partial charge < -0.3 is 9.64 Å². The Balaban J connectivity index is 1.42. The molecular formula is C17H22N4O3S2. The van der Waals surface area contributed by atoms with Crippen LogP contribution < -0.4 is 9.62 Å². The molecule has 9 heteroatoms. The third-order valence-electron chi connectivity index (χ3n) is 4.86. The molecule has 2 saturated heterocycles. The lowest BCUT2D eigenvalue weighted by molar-refractivity contribution is 0.0845. The van der Waals surface area contributed by atoms with E-state index in [1.165, 1.54) is 11.3 Å². The second kappa shape index (κ2) is 7.59.